The first-order chi connectivity index (χ1) is 16.9. The predicted octanol–water partition coefficient (Wildman–Crippen LogP) is 4.51. The zero-order chi connectivity index (χ0) is 26.6. The first-order valence-corrected chi connectivity index (χ1v) is 13.6. The maximum absolute atomic E-state index is 13.8. The van der Waals surface area contributed by atoms with Crippen LogP contribution in [-0.2, 0) is 28.7 Å². The van der Waals surface area contributed by atoms with Crippen LogP contribution in [0.3, 0.4) is 0 Å². The zero-order valence-electron chi connectivity index (χ0n) is 21.6. The molecule has 196 valence electrons. The van der Waals surface area contributed by atoms with E-state index in [-0.39, 0.29) is 36.9 Å². The summed E-state index contributed by atoms with van der Waals surface area (Å²) in [5.74, 6) is -1.95. The molecule has 4 aliphatic carbocycles. The van der Waals surface area contributed by atoms with Crippen LogP contribution in [0.25, 0.3) is 0 Å². The van der Waals surface area contributed by atoms with Gasteiger partial charge in [-0.25, -0.2) is 0 Å². The minimum atomic E-state index is -1.52. The lowest BCUT2D eigenvalue weighted by Gasteiger charge is -2.54. The van der Waals surface area contributed by atoms with Crippen molar-refractivity contribution < 1.29 is 33.8 Å². The lowest BCUT2D eigenvalue weighted by molar-refractivity contribution is -0.193. The molecule has 1 fully saturated rings. The molecule has 36 heavy (non-hydrogen) atoms. The Bertz CT molecular complexity index is 1120. The van der Waals surface area contributed by atoms with E-state index in [4.69, 9.17) is 9.47 Å². The molecule has 4 rings (SSSR count). The predicted molar refractivity (Wildman–Crippen MR) is 136 cm³/mol. The van der Waals surface area contributed by atoms with Crippen LogP contribution in [0.15, 0.2) is 33.4 Å². The average molecular weight is 563 g/mol. The van der Waals surface area contributed by atoms with Gasteiger partial charge in [0.05, 0.1) is 10.6 Å². The number of ketones is 2. The highest BCUT2D eigenvalue weighted by molar-refractivity contribution is 9.12. The molecule has 0 amide bonds. The van der Waals surface area contributed by atoms with Gasteiger partial charge in [-0.15, -0.1) is 0 Å². The van der Waals surface area contributed by atoms with E-state index >= 15 is 0 Å². The summed E-state index contributed by atoms with van der Waals surface area (Å²) in [6, 6.07) is 0. The molecule has 0 spiro atoms. The molecule has 8 heteroatoms. The number of carbonyl (C=O) groups is 4. The van der Waals surface area contributed by atoms with Crippen LogP contribution in [0.2, 0.25) is 0 Å². The Kier molecular flexibility index (Phi) is 7.01. The normalized spacial score (nSPS) is 37.3. The molecule has 4 aliphatic rings. The van der Waals surface area contributed by atoms with Gasteiger partial charge in [-0.3, -0.25) is 19.2 Å². The van der Waals surface area contributed by atoms with Crippen LogP contribution in [0.5, 0.6) is 0 Å². The van der Waals surface area contributed by atoms with Crippen LogP contribution in [0, 0.1) is 22.7 Å². The minimum Gasteiger partial charge on any atom is -0.457 e. The summed E-state index contributed by atoms with van der Waals surface area (Å²) in [5, 5.41) is 11.7. The highest BCUT2D eigenvalue weighted by Crippen LogP contribution is 2.67. The fourth-order valence-electron chi connectivity index (χ4n) is 7.44. The second kappa shape index (κ2) is 9.35. The number of halogens is 1. The number of aliphatic hydroxyl groups excluding tert-OH is 1. The van der Waals surface area contributed by atoms with E-state index in [1.807, 2.05) is 26.8 Å². The van der Waals surface area contributed by atoms with Crippen molar-refractivity contribution in [1.82, 2.24) is 0 Å². The molecule has 0 aliphatic heterocycles. The molecule has 1 N–H and O–H groups in total. The van der Waals surface area contributed by atoms with Gasteiger partial charge in [0.2, 0.25) is 5.78 Å². The number of rotatable bonds is 6. The summed E-state index contributed by atoms with van der Waals surface area (Å²) in [4.78, 5) is 50.7. The fraction of sp³-hybridized carbons (Fsp3) is 0.643. The van der Waals surface area contributed by atoms with E-state index in [0.29, 0.717) is 23.7 Å². The highest BCUT2D eigenvalue weighted by Gasteiger charge is 2.70. The van der Waals surface area contributed by atoms with Gasteiger partial charge in [-0.2, -0.15) is 0 Å². The van der Waals surface area contributed by atoms with E-state index < -0.39 is 46.9 Å². The van der Waals surface area contributed by atoms with Crippen molar-refractivity contribution in [3.8, 4) is 0 Å². The number of hydrogen-bond donors (Lipinski definition) is 1. The van der Waals surface area contributed by atoms with Crippen molar-refractivity contribution in [1.29, 1.82) is 0 Å². The number of allylic oxidation sites excluding steroid dienone is 5. The van der Waals surface area contributed by atoms with Crippen LogP contribution in [-0.4, -0.2) is 46.9 Å². The van der Waals surface area contributed by atoms with Crippen molar-refractivity contribution >= 4 is 39.4 Å². The van der Waals surface area contributed by atoms with Crippen LogP contribution < -0.4 is 0 Å². The smallest absolute Gasteiger partial charge is 0.306 e. The van der Waals surface area contributed by atoms with Crippen molar-refractivity contribution in [2.24, 2.45) is 22.7 Å². The molecular weight excluding hydrogens is 528 g/mol. The monoisotopic (exact) mass is 562 g/mol. The minimum absolute atomic E-state index is 0.0751. The quantitative estimate of drug-likeness (QED) is 0.374. The molecule has 0 heterocycles. The van der Waals surface area contributed by atoms with Crippen molar-refractivity contribution in [2.45, 2.75) is 84.8 Å². The van der Waals surface area contributed by atoms with Crippen LogP contribution >= 0.6 is 15.9 Å². The molecule has 0 aromatic heterocycles. The molecule has 1 saturated carbocycles. The standard InChI is InChI=1S/C28H35BrO7/c1-6-23(33)35-14-22(32)28(36-24(34)7-2)15(3)10-18-17-9-8-16-11-20(30)19(29)12-26(16,4)25(17)21(31)13-27(18,28)5/h11-12,15,18,21,31H,6-10,13-14H2,1-5H3/t15-,18-,21-,26-,27-,28-/m0/s1. The van der Waals surface area contributed by atoms with Gasteiger partial charge in [0.25, 0.3) is 0 Å². The third-order valence-electron chi connectivity index (χ3n) is 9.10. The van der Waals surface area contributed by atoms with E-state index in [1.54, 1.807) is 19.9 Å². The second-order valence-electron chi connectivity index (χ2n) is 11.0. The Balaban J connectivity index is 1.84. The molecule has 0 saturated heterocycles. The van der Waals surface area contributed by atoms with Crippen LogP contribution in [0.1, 0.15) is 73.1 Å². The number of fused-ring (bicyclic) bond motifs is 4. The van der Waals surface area contributed by atoms with Gasteiger partial charge in [0.15, 0.2) is 18.0 Å². The van der Waals surface area contributed by atoms with E-state index in [1.165, 1.54) is 0 Å². The molecule has 0 aromatic rings. The third-order valence-corrected chi connectivity index (χ3v) is 9.71. The number of esters is 2. The van der Waals surface area contributed by atoms with Gasteiger partial charge in [-0.1, -0.05) is 44.9 Å². The SMILES string of the molecule is CCC(=O)OCC(=O)[C@@]1(OC(=O)CC)[C@@H](C)C[C@H]2C3=C([C@@H](O)C[C@@]21C)[C@@]1(C)C=C(Br)C(=O)C=C1CC3. The maximum atomic E-state index is 13.8. The van der Waals surface area contributed by atoms with Gasteiger partial charge in [0, 0.05) is 29.6 Å². The van der Waals surface area contributed by atoms with Gasteiger partial charge < -0.3 is 14.6 Å². The molecule has 0 radical (unpaired) electrons. The number of ether oxygens (including phenoxy) is 2. The Morgan fingerprint density at radius 1 is 1.14 bits per heavy atom. The molecule has 7 nitrogen and oxygen atoms in total. The molecular formula is C28H35BrO7. The summed E-state index contributed by atoms with van der Waals surface area (Å²) < 4.78 is 11.8. The number of aliphatic hydroxyl groups is 1. The second-order valence-corrected chi connectivity index (χ2v) is 11.8. The Hall–Kier alpha value is -2.06. The lowest BCUT2D eigenvalue weighted by atomic mass is 9.52. The van der Waals surface area contributed by atoms with E-state index in [2.05, 4.69) is 15.9 Å². The lowest BCUT2D eigenvalue weighted by Crippen LogP contribution is -2.61. The third kappa shape index (κ3) is 3.78. The number of Topliss-reactive ketones (excluding diaryl/α,β-unsaturated/α-hetero) is 1. The Morgan fingerprint density at radius 2 is 1.81 bits per heavy atom. The summed E-state index contributed by atoms with van der Waals surface area (Å²) >= 11 is 3.39. The van der Waals surface area contributed by atoms with Gasteiger partial charge in [0.1, 0.15) is 0 Å². The van der Waals surface area contributed by atoms with E-state index in [0.717, 1.165) is 16.7 Å². The summed E-state index contributed by atoms with van der Waals surface area (Å²) in [5.41, 5.74) is -0.0453. The Morgan fingerprint density at radius 3 is 2.44 bits per heavy atom. The van der Waals surface area contributed by atoms with Crippen molar-refractivity contribution in [3.63, 3.8) is 0 Å². The number of carbonyl (C=O) groups excluding carboxylic acids is 4. The molecule has 6 atom stereocenters. The van der Waals surface area contributed by atoms with Gasteiger partial charge in [-0.05, 0) is 66.1 Å². The molecule has 0 aromatic carbocycles. The number of hydrogen-bond acceptors (Lipinski definition) is 7. The molecule has 0 unspecified atom stereocenters. The van der Waals surface area contributed by atoms with Crippen LogP contribution in [0.4, 0.5) is 0 Å². The maximum Gasteiger partial charge on any atom is 0.306 e. The fourth-order valence-corrected chi connectivity index (χ4v) is 8.01. The summed E-state index contributed by atoms with van der Waals surface area (Å²) in [6.07, 6.45) is 5.07. The zero-order valence-corrected chi connectivity index (χ0v) is 23.2. The van der Waals surface area contributed by atoms with Crippen molar-refractivity contribution in [3.05, 3.63) is 33.4 Å². The largest absolute Gasteiger partial charge is 0.457 e. The molecule has 0 bridgehead atoms. The highest BCUT2D eigenvalue weighted by atomic mass is 79.9. The average Bonchev–Trinajstić information content (AvgIpc) is 3.04. The topological polar surface area (TPSA) is 107 Å². The Labute approximate surface area is 220 Å². The first-order valence-electron chi connectivity index (χ1n) is 12.8. The first kappa shape index (κ1) is 27.0. The summed E-state index contributed by atoms with van der Waals surface area (Å²) in [6.45, 7) is 8.73. The van der Waals surface area contributed by atoms with E-state index in [9.17, 15) is 24.3 Å². The van der Waals surface area contributed by atoms with Gasteiger partial charge >= 0.3 is 11.9 Å². The summed E-state index contributed by atoms with van der Waals surface area (Å²) in [7, 11) is 0. The van der Waals surface area contributed by atoms with Crippen molar-refractivity contribution in [2.75, 3.05) is 6.61 Å².